The Morgan fingerprint density at radius 1 is 1.23 bits per heavy atom. The number of phenolic OH excluding ortho intramolecular Hbond substituents is 1. The molecule has 0 aliphatic carbocycles. The van der Waals surface area contributed by atoms with E-state index in [1.165, 1.54) is 23.6 Å². The summed E-state index contributed by atoms with van der Waals surface area (Å²) >= 11 is 5.98. The zero-order valence-electron chi connectivity index (χ0n) is 16.1. The maximum atomic E-state index is 14.9. The van der Waals surface area contributed by atoms with Crippen molar-refractivity contribution in [3.05, 3.63) is 64.1 Å². The zero-order chi connectivity index (χ0) is 22.2. The number of benzene rings is 2. The van der Waals surface area contributed by atoms with Gasteiger partial charge in [-0.1, -0.05) is 17.7 Å². The zero-order valence-corrected chi connectivity index (χ0v) is 16.8. The first-order chi connectivity index (χ1) is 14.1. The number of aromatic nitrogens is 1. The topological polar surface area (TPSA) is 109 Å². The van der Waals surface area contributed by atoms with Gasteiger partial charge in [0.15, 0.2) is 11.6 Å². The number of carbonyl (C=O) groups excluding carboxylic acids is 2. The van der Waals surface area contributed by atoms with Gasteiger partial charge in [0, 0.05) is 21.7 Å². The molecule has 30 heavy (non-hydrogen) atoms. The number of carboxylic acid groups (broad SMARTS) is 1. The number of fused-ring (bicyclic) bond motifs is 1. The maximum absolute atomic E-state index is 14.9. The number of hydrogen-bond acceptors (Lipinski definition) is 4. The predicted molar refractivity (Wildman–Crippen MR) is 109 cm³/mol. The normalized spacial score (nSPS) is 12.0. The lowest BCUT2D eigenvalue weighted by molar-refractivity contribution is -0.138. The molecule has 3 aromatic rings. The van der Waals surface area contributed by atoms with Crippen LogP contribution >= 0.6 is 11.6 Å². The SMILES string of the molecule is Cc1c([C@H](C)C(=O)NCC(=O)O)c2c(F)c(O)ccc2n1C(=O)c1cccc(Cl)c1. The fourth-order valence-corrected chi connectivity index (χ4v) is 3.66. The van der Waals surface area contributed by atoms with Gasteiger partial charge in [0.25, 0.3) is 5.91 Å². The summed E-state index contributed by atoms with van der Waals surface area (Å²) in [4.78, 5) is 36.4. The molecule has 7 nitrogen and oxygen atoms in total. The molecule has 1 atom stereocenters. The van der Waals surface area contributed by atoms with Gasteiger partial charge >= 0.3 is 5.97 Å². The minimum atomic E-state index is -1.23. The molecule has 0 fully saturated rings. The number of halogens is 2. The quantitative estimate of drug-likeness (QED) is 0.572. The first-order valence-corrected chi connectivity index (χ1v) is 9.33. The average molecular weight is 433 g/mol. The molecule has 0 aliphatic heterocycles. The third kappa shape index (κ3) is 3.73. The van der Waals surface area contributed by atoms with Crippen LogP contribution in [-0.2, 0) is 9.59 Å². The van der Waals surface area contributed by atoms with Gasteiger partial charge < -0.3 is 15.5 Å². The molecule has 156 valence electrons. The third-order valence-corrected chi connectivity index (χ3v) is 5.08. The van der Waals surface area contributed by atoms with Crippen molar-refractivity contribution < 1.29 is 29.0 Å². The van der Waals surface area contributed by atoms with E-state index in [-0.39, 0.29) is 27.7 Å². The minimum Gasteiger partial charge on any atom is -0.505 e. The summed E-state index contributed by atoms with van der Waals surface area (Å²) in [6, 6.07) is 8.74. The van der Waals surface area contributed by atoms with E-state index in [0.717, 1.165) is 6.07 Å². The summed E-state index contributed by atoms with van der Waals surface area (Å²) in [5, 5.41) is 21.2. The number of carbonyl (C=O) groups is 3. The Kier molecular flexibility index (Phi) is 5.80. The summed E-state index contributed by atoms with van der Waals surface area (Å²) in [7, 11) is 0. The van der Waals surface area contributed by atoms with E-state index in [2.05, 4.69) is 5.32 Å². The van der Waals surface area contributed by atoms with Crippen LogP contribution in [0.4, 0.5) is 4.39 Å². The fraction of sp³-hybridized carbons (Fsp3) is 0.190. The van der Waals surface area contributed by atoms with Crippen molar-refractivity contribution in [2.45, 2.75) is 19.8 Å². The molecular weight excluding hydrogens is 415 g/mol. The van der Waals surface area contributed by atoms with Gasteiger partial charge in [0.05, 0.1) is 11.4 Å². The molecule has 0 bridgehead atoms. The van der Waals surface area contributed by atoms with E-state index in [1.807, 2.05) is 0 Å². The Bertz CT molecular complexity index is 1190. The number of phenols is 1. The first-order valence-electron chi connectivity index (χ1n) is 8.95. The second kappa shape index (κ2) is 8.16. The molecule has 0 aliphatic rings. The van der Waals surface area contributed by atoms with Crippen LogP contribution in [-0.4, -0.2) is 39.1 Å². The minimum absolute atomic E-state index is 0.0825. The van der Waals surface area contributed by atoms with Crippen LogP contribution in [0.2, 0.25) is 5.02 Å². The molecule has 0 saturated carbocycles. The van der Waals surface area contributed by atoms with Crippen molar-refractivity contribution in [3.8, 4) is 5.75 Å². The van der Waals surface area contributed by atoms with E-state index < -0.39 is 41.8 Å². The summed E-state index contributed by atoms with van der Waals surface area (Å²) in [6.07, 6.45) is 0. The van der Waals surface area contributed by atoms with Gasteiger partial charge in [-0.2, -0.15) is 0 Å². The molecule has 0 unspecified atom stereocenters. The molecule has 1 heterocycles. The number of nitrogens with one attached hydrogen (secondary N) is 1. The molecule has 1 aromatic heterocycles. The third-order valence-electron chi connectivity index (χ3n) is 4.85. The highest BCUT2D eigenvalue weighted by molar-refractivity contribution is 6.31. The largest absolute Gasteiger partial charge is 0.505 e. The Morgan fingerprint density at radius 2 is 1.93 bits per heavy atom. The van der Waals surface area contributed by atoms with Crippen LogP contribution < -0.4 is 5.32 Å². The van der Waals surface area contributed by atoms with E-state index >= 15 is 0 Å². The van der Waals surface area contributed by atoms with Gasteiger partial charge in [-0.15, -0.1) is 0 Å². The van der Waals surface area contributed by atoms with Gasteiger partial charge in [-0.25, -0.2) is 4.39 Å². The highest BCUT2D eigenvalue weighted by Crippen LogP contribution is 2.37. The predicted octanol–water partition coefficient (Wildman–Crippen LogP) is 3.44. The summed E-state index contributed by atoms with van der Waals surface area (Å²) < 4.78 is 16.1. The Hall–Kier alpha value is -3.39. The van der Waals surface area contributed by atoms with Crippen molar-refractivity contribution in [2.75, 3.05) is 6.54 Å². The molecule has 2 aromatic carbocycles. The Balaban J connectivity index is 2.22. The summed E-state index contributed by atoms with van der Waals surface area (Å²) in [6.45, 7) is 2.42. The first kappa shape index (κ1) is 21.3. The number of aliphatic carboxylic acids is 1. The van der Waals surface area contributed by atoms with E-state index in [1.54, 1.807) is 25.1 Å². The van der Waals surface area contributed by atoms with E-state index in [4.69, 9.17) is 16.7 Å². The highest BCUT2D eigenvalue weighted by atomic mass is 35.5. The molecular formula is C21H18ClFN2O5. The lowest BCUT2D eigenvalue weighted by Gasteiger charge is -2.13. The summed E-state index contributed by atoms with van der Waals surface area (Å²) in [5.41, 5.74) is 0.889. The number of carboxylic acids is 1. The molecule has 3 N–H and O–H groups in total. The van der Waals surface area contributed by atoms with Gasteiger partial charge in [0.2, 0.25) is 5.91 Å². The van der Waals surface area contributed by atoms with Crippen molar-refractivity contribution in [1.82, 2.24) is 9.88 Å². The monoisotopic (exact) mass is 432 g/mol. The van der Waals surface area contributed by atoms with Crippen LogP contribution in [0, 0.1) is 12.7 Å². The number of amides is 1. The van der Waals surface area contributed by atoms with Crippen LogP contribution in [0.25, 0.3) is 10.9 Å². The molecule has 3 rings (SSSR count). The second-order valence-corrected chi connectivity index (χ2v) is 7.21. The lowest BCUT2D eigenvalue weighted by Crippen LogP contribution is -2.32. The van der Waals surface area contributed by atoms with E-state index in [9.17, 15) is 23.9 Å². The Morgan fingerprint density at radius 3 is 2.57 bits per heavy atom. The van der Waals surface area contributed by atoms with Crippen LogP contribution in [0.3, 0.4) is 0 Å². The summed E-state index contributed by atoms with van der Waals surface area (Å²) in [5.74, 6) is -4.96. The van der Waals surface area contributed by atoms with E-state index in [0.29, 0.717) is 5.02 Å². The van der Waals surface area contributed by atoms with Gasteiger partial charge in [-0.05, 0) is 49.7 Å². The number of nitrogens with zero attached hydrogens (tertiary/aromatic N) is 1. The van der Waals surface area contributed by atoms with Gasteiger partial charge in [0.1, 0.15) is 6.54 Å². The van der Waals surface area contributed by atoms with Crippen LogP contribution in [0.5, 0.6) is 5.75 Å². The number of rotatable bonds is 5. The Labute approximate surface area is 175 Å². The van der Waals surface area contributed by atoms with Crippen molar-refractivity contribution in [3.63, 3.8) is 0 Å². The van der Waals surface area contributed by atoms with Gasteiger partial charge in [-0.3, -0.25) is 19.0 Å². The molecule has 0 radical (unpaired) electrons. The highest BCUT2D eigenvalue weighted by Gasteiger charge is 2.29. The van der Waals surface area contributed by atoms with Crippen LogP contribution in [0.1, 0.15) is 34.5 Å². The van der Waals surface area contributed by atoms with Crippen molar-refractivity contribution in [1.29, 1.82) is 0 Å². The van der Waals surface area contributed by atoms with Crippen molar-refractivity contribution in [2.24, 2.45) is 0 Å². The molecule has 0 saturated heterocycles. The van der Waals surface area contributed by atoms with Crippen molar-refractivity contribution >= 4 is 40.3 Å². The molecule has 9 heteroatoms. The number of hydrogen-bond donors (Lipinski definition) is 3. The standard InChI is InChI=1S/C21H18ClFN2O5/c1-10(20(29)24-9-16(27)28)17-11(2)25(14-6-7-15(26)19(23)18(14)17)21(30)12-4-3-5-13(22)8-12/h3-8,10,26H,9H2,1-2H3,(H,24,29)(H,27,28)/t10-/m0/s1. The molecule has 1 amide bonds. The smallest absolute Gasteiger partial charge is 0.322 e. The van der Waals surface area contributed by atoms with Crippen LogP contribution in [0.15, 0.2) is 36.4 Å². The number of aromatic hydroxyl groups is 1. The second-order valence-electron chi connectivity index (χ2n) is 6.78. The lowest BCUT2D eigenvalue weighted by atomic mass is 9.96. The molecule has 0 spiro atoms. The average Bonchev–Trinajstić information content (AvgIpc) is 3.00. The fourth-order valence-electron chi connectivity index (χ4n) is 3.47. The maximum Gasteiger partial charge on any atom is 0.322 e.